The molecule has 0 saturated carbocycles. The third-order valence-electron chi connectivity index (χ3n) is 10.3. The molecular weight excluding hydrogens is 661 g/mol. The van der Waals surface area contributed by atoms with Crippen molar-refractivity contribution in [2.75, 3.05) is 13.2 Å². The van der Waals surface area contributed by atoms with Crippen LogP contribution in [0.15, 0.2) is 12.2 Å². The van der Waals surface area contributed by atoms with Gasteiger partial charge in [0.25, 0.3) is 0 Å². The second kappa shape index (κ2) is 42.9. The van der Waals surface area contributed by atoms with Crippen LogP contribution in [-0.4, -0.2) is 37.2 Å². The van der Waals surface area contributed by atoms with Crippen LogP contribution in [0.5, 0.6) is 0 Å². The van der Waals surface area contributed by atoms with Gasteiger partial charge in [0.15, 0.2) is 6.10 Å². The molecule has 312 valence electrons. The molecule has 0 aromatic rings. The quantitative estimate of drug-likeness (QED) is 0.0268. The summed E-state index contributed by atoms with van der Waals surface area (Å²) in [6.45, 7) is 6.58. The molecule has 0 saturated heterocycles. The van der Waals surface area contributed by atoms with Crippen molar-refractivity contribution in [3.05, 3.63) is 12.2 Å². The fraction of sp³-hybridized carbons (Fsp3) is 0.894. The number of hydrogen-bond donors (Lipinski definition) is 0. The molecule has 0 radical (unpaired) electrons. The summed E-state index contributed by atoms with van der Waals surface area (Å²) in [7, 11) is 0. The molecule has 0 aromatic carbocycles. The average Bonchev–Trinajstić information content (AvgIpc) is 3.15. The highest BCUT2D eigenvalue weighted by atomic mass is 16.6. The molecule has 0 amide bonds. The Bertz CT molecular complexity index is 824. The fourth-order valence-electron chi connectivity index (χ4n) is 6.73. The summed E-state index contributed by atoms with van der Waals surface area (Å²) in [4.78, 5) is 37.5. The highest BCUT2D eigenvalue weighted by molar-refractivity contribution is 5.71. The molecule has 6 nitrogen and oxygen atoms in total. The van der Waals surface area contributed by atoms with Crippen LogP contribution < -0.4 is 0 Å². The average molecular weight is 749 g/mol. The van der Waals surface area contributed by atoms with Gasteiger partial charge in [0.2, 0.25) is 0 Å². The van der Waals surface area contributed by atoms with Crippen LogP contribution in [0.4, 0.5) is 0 Å². The Balaban J connectivity index is 4.23. The molecule has 0 aromatic heterocycles. The van der Waals surface area contributed by atoms with Gasteiger partial charge >= 0.3 is 17.9 Å². The van der Waals surface area contributed by atoms with Crippen molar-refractivity contribution >= 4 is 17.9 Å². The van der Waals surface area contributed by atoms with Crippen molar-refractivity contribution in [3.8, 4) is 0 Å². The van der Waals surface area contributed by atoms with Gasteiger partial charge in [0.05, 0.1) is 0 Å². The lowest BCUT2D eigenvalue weighted by molar-refractivity contribution is -0.167. The first-order chi connectivity index (χ1) is 26.0. The molecule has 1 unspecified atom stereocenters. The molecule has 0 heterocycles. The highest BCUT2D eigenvalue weighted by Gasteiger charge is 2.19. The summed E-state index contributed by atoms with van der Waals surface area (Å²) in [5.74, 6) is -0.879. The first kappa shape index (κ1) is 51.1. The number of esters is 3. The van der Waals surface area contributed by atoms with E-state index in [4.69, 9.17) is 14.2 Å². The third kappa shape index (κ3) is 41.2. The Morgan fingerprint density at radius 1 is 0.358 bits per heavy atom. The molecule has 0 spiro atoms. The van der Waals surface area contributed by atoms with Crippen molar-refractivity contribution in [2.24, 2.45) is 0 Å². The predicted octanol–water partition coefficient (Wildman–Crippen LogP) is 14.6. The Hall–Kier alpha value is -1.85. The first-order valence-electron chi connectivity index (χ1n) is 23.2. The van der Waals surface area contributed by atoms with Crippen LogP contribution in [0.1, 0.15) is 252 Å². The van der Waals surface area contributed by atoms with Gasteiger partial charge in [-0.1, -0.05) is 200 Å². The topological polar surface area (TPSA) is 78.9 Å². The molecule has 1 atom stereocenters. The van der Waals surface area contributed by atoms with Crippen LogP contribution in [-0.2, 0) is 28.6 Å². The molecule has 53 heavy (non-hydrogen) atoms. The van der Waals surface area contributed by atoms with Gasteiger partial charge in [-0.15, -0.1) is 0 Å². The summed E-state index contributed by atoms with van der Waals surface area (Å²) in [5, 5.41) is 0. The summed E-state index contributed by atoms with van der Waals surface area (Å²) in [5.41, 5.74) is 0. The maximum absolute atomic E-state index is 12.7. The van der Waals surface area contributed by atoms with E-state index in [1.807, 2.05) is 0 Å². The largest absolute Gasteiger partial charge is 0.462 e. The minimum atomic E-state index is -0.763. The lowest BCUT2D eigenvalue weighted by atomic mass is 10.0. The maximum Gasteiger partial charge on any atom is 0.306 e. The second-order valence-corrected chi connectivity index (χ2v) is 15.7. The molecule has 0 aliphatic rings. The molecular formula is C47H88O6. The third-order valence-corrected chi connectivity index (χ3v) is 10.3. The van der Waals surface area contributed by atoms with Gasteiger partial charge in [0, 0.05) is 19.3 Å². The monoisotopic (exact) mass is 749 g/mol. The summed E-state index contributed by atoms with van der Waals surface area (Å²) in [6.07, 6.45) is 45.0. The number of unbranched alkanes of at least 4 members (excludes halogenated alkanes) is 29. The van der Waals surface area contributed by atoms with Crippen molar-refractivity contribution in [2.45, 2.75) is 258 Å². The van der Waals surface area contributed by atoms with E-state index in [0.29, 0.717) is 19.3 Å². The Morgan fingerprint density at radius 2 is 0.623 bits per heavy atom. The van der Waals surface area contributed by atoms with Gasteiger partial charge in [0.1, 0.15) is 13.2 Å². The molecule has 0 fully saturated rings. The maximum atomic E-state index is 12.7. The molecule has 0 aliphatic heterocycles. The summed E-state index contributed by atoms with van der Waals surface area (Å²) in [6, 6.07) is 0. The fourth-order valence-corrected chi connectivity index (χ4v) is 6.73. The van der Waals surface area contributed by atoms with Gasteiger partial charge in [-0.05, 0) is 44.9 Å². The Morgan fingerprint density at radius 3 is 0.943 bits per heavy atom. The van der Waals surface area contributed by atoms with Gasteiger partial charge in [-0.2, -0.15) is 0 Å². The molecule has 0 aliphatic carbocycles. The molecule has 0 bridgehead atoms. The van der Waals surface area contributed by atoms with Crippen molar-refractivity contribution in [1.29, 1.82) is 0 Å². The van der Waals surface area contributed by atoms with Crippen molar-refractivity contribution in [3.63, 3.8) is 0 Å². The zero-order chi connectivity index (χ0) is 38.7. The van der Waals surface area contributed by atoms with Gasteiger partial charge < -0.3 is 14.2 Å². The van der Waals surface area contributed by atoms with Crippen LogP contribution in [0, 0.1) is 0 Å². The van der Waals surface area contributed by atoms with Crippen LogP contribution >= 0.6 is 0 Å². The SMILES string of the molecule is CCCCCCCCC/C=C\CCCCCCCC(=O)OCC(COC(=O)CCCCCCCC)OC(=O)CCCCCCCCCCCCCCC. The number of allylic oxidation sites excluding steroid dienone is 2. The number of rotatable bonds is 42. The van der Waals surface area contributed by atoms with Gasteiger partial charge in [-0.3, -0.25) is 14.4 Å². The molecule has 0 N–H and O–H groups in total. The van der Waals surface area contributed by atoms with Crippen LogP contribution in [0.25, 0.3) is 0 Å². The minimum Gasteiger partial charge on any atom is -0.462 e. The number of hydrogen-bond acceptors (Lipinski definition) is 6. The van der Waals surface area contributed by atoms with Crippen LogP contribution in [0.2, 0.25) is 0 Å². The standard InChI is InChI=1S/C47H88O6/c1-4-7-10-13-16-18-20-22-23-24-26-27-29-31-34-37-40-46(49)52-43-44(42-51-45(48)39-36-33-15-12-9-6-3)53-47(50)41-38-35-32-30-28-25-21-19-17-14-11-8-5-2/h23-24,44H,4-22,25-43H2,1-3H3/b24-23-. The highest BCUT2D eigenvalue weighted by Crippen LogP contribution is 2.15. The molecule has 6 heteroatoms. The number of carbonyl (C=O) groups excluding carboxylic acids is 3. The van der Waals surface area contributed by atoms with E-state index in [-0.39, 0.29) is 31.1 Å². The van der Waals surface area contributed by atoms with E-state index >= 15 is 0 Å². The molecule has 0 rings (SSSR count). The minimum absolute atomic E-state index is 0.0697. The van der Waals surface area contributed by atoms with E-state index in [2.05, 4.69) is 32.9 Å². The second-order valence-electron chi connectivity index (χ2n) is 15.7. The van der Waals surface area contributed by atoms with E-state index in [1.54, 1.807) is 0 Å². The van der Waals surface area contributed by atoms with Crippen molar-refractivity contribution < 1.29 is 28.6 Å². The smallest absolute Gasteiger partial charge is 0.306 e. The van der Waals surface area contributed by atoms with Gasteiger partial charge in [-0.25, -0.2) is 0 Å². The number of ether oxygens (including phenoxy) is 3. The first-order valence-corrected chi connectivity index (χ1v) is 23.2. The van der Waals surface area contributed by atoms with E-state index < -0.39 is 6.10 Å². The predicted molar refractivity (Wildman–Crippen MR) is 224 cm³/mol. The van der Waals surface area contributed by atoms with Crippen molar-refractivity contribution in [1.82, 2.24) is 0 Å². The zero-order valence-electron chi connectivity index (χ0n) is 35.6. The zero-order valence-corrected chi connectivity index (χ0v) is 35.6. The lowest BCUT2D eigenvalue weighted by Gasteiger charge is -2.18. The summed E-state index contributed by atoms with van der Waals surface area (Å²) >= 11 is 0. The Kier molecular flexibility index (Phi) is 41.4. The summed E-state index contributed by atoms with van der Waals surface area (Å²) < 4.78 is 16.6. The van der Waals surface area contributed by atoms with Crippen LogP contribution in [0.3, 0.4) is 0 Å². The Labute approximate surface area is 329 Å². The normalized spacial score (nSPS) is 12.0. The van der Waals surface area contributed by atoms with E-state index in [0.717, 1.165) is 64.2 Å². The lowest BCUT2D eigenvalue weighted by Crippen LogP contribution is -2.30. The van der Waals surface area contributed by atoms with E-state index in [1.165, 1.54) is 148 Å². The van der Waals surface area contributed by atoms with E-state index in [9.17, 15) is 14.4 Å². The number of carbonyl (C=O) groups is 3.